The summed E-state index contributed by atoms with van der Waals surface area (Å²) in [5, 5.41) is 9.48. The van der Waals surface area contributed by atoms with E-state index in [9.17, 15) is 9.90 Å². The van der Waals surface area contributed by atoms with E-state index < -0.39 is 5.97 Å². The first-order valence-electron chi connectivity index (χ1n) is 4.66. The number of phenols is 1. The standard InChI is InChI=1S/C11H13ClO3/c1-7(2)6-15-11(14)9-5-8(13)3-4-10(9)12/h3-5,7,13H,6H2,1-2H3. The van der Waals surface area contributed by atoms with Gasteiger partial charge in [0.1, 0.15) is 5.75 Å². The van der Waals surface area contributed by atoms with Gasteiger partial charge in [-0.2, -0.15) is 0 Å². The van der Waals surface area contributed by atoms with Crippen molar-refractivity contribution in [3.05, 3.63) is 28.8 Å². The van der Waals surface area contributed by atoms with Crippen molar-refractivity contribution in [2.24, 2.45) is 5.92 Å². The summed E-state index contributed by atoms with van der Waals surface area (Å²) in [5.74, 6) is -0.245. The molecule has 1 rings (SSSR count). The Labute approximate surface area is 93.6 Å². The molecular weight excluding hydrogens is 216 g/mol. The third-order valence-electron chi connectivity index (χ3n) is 1.72. The van der Waals surface area contributed by atoms with Gasteiger partial charge in [-0.1, -0.05) is 25.4 Å². The molecule has 0 aliphatic heterocycles. The van der Waals surface area contributed by atoms with Crippen molar-refractivity contribution in [2.45, 2.75) is 13.8 Å². The molecule has 1 N–H and O–H groups in total. The Morgan fingerprint density at radius 3 is 2.80 bits per heavy atom. The third-order valence-corrected chi connectivity index (χ3v) is 2.05. The van der Waals surface area contributed by atoms with E-state index in [-0.39, 0.29) is 22.3 Å². The van der Waals surface area contributed by atoms with Gasteiger partial charge in [-0.05, 0) is 24.1 Å². The van der Waals surface area contributed by atoms with Crippen LogP contribution in [0.4, 0.5) is 0 Å². The summed E-state index contributed by atoms with van der Waals surface area (Å²) in [6.07, 6.45) is 0. The number of carbonyl (C=O) groups excluding carboxylic acids is 1. The molecule has 0 atom stereocenters. The molecule has 0 fully saturated rings. The number of benzene rings is 1. The SMILES string of the molecule is CC(C)COC(=O)c1cc(O)ccc1Cl. The fourth-order valence-electron chi connectivity index (χ4n) is 0.990. The molecular formula is C11H13ClO3. The van der Waals surface area contributed by atoms with E-state index in [0.29, 0.717) is 6.61 Å². The fourth-order valence-corrected chi connectivity index (χ4v) is 1.18. The summed E-state index contributed by atoms with van der Waals surface area (Å²) in [6, 6.07) is 4.18. The molecule has 15 heavy (non-hydrogen) atoms. The maximum atomic E-state index is 11.5. The first-order valence-corrected chi connectivity index (χ1v) is 5.04. The van der Waals surface area contributed by atoms with Crippen molar-refractivity contribution in [2.75, 3.05) is 6.61 Å². The second-order valence-corrected chi connectivity index (χ2v) is 4.06. The lowest BCUT2D eigenvalue weighted by molar-refractivity contribution is 0.0458. The van der Waals surface area contributed by atoms with Gasteiger partial charge in [-0.25, -0.2) is 4.79 Å². The van der Waals surface area contributed by atoms with E-state index in [4.69, 9.17) is 16.3 Å². The van der Waals surface area contributed by atoms with Gasteiger partial charge >= 0.3 is 5.97 Å². The monoisotopic (exact) mass is 228 g/mol. The number of halogens is 1. The van der Waals surface area contributed by atoms with Gasteiger partial charge in [-0.3, -0.25) is 0 Å². The molecule has 1 aromatic rings. The number of ether oxygens (including phenoxy) is 1. The topological polar surface area (TPSA) is 46.5 Å². The smallest absolute Gasteiger partial charge is 0.339 e. The van der Waals surface area contributed by atoms with Gasteiger partial charge in [0, 0.05) is 0 Å². The number of phenolic OH excluding ortho intramolecular Hbond substituents is 1. The zero-order chi connectivity index (χ0) is 11.4. The summed E-state index contributed by atoms with van der Waals surface area (Å²) in [5.41, 5.74) is 0.192. The van der Waals surface area contributed by atoms with Crippen LogP contribution in [0.15, 0.2) is 18.2 Å². The number of aromatic hydroxyl groups is 1. The lowest BCUT2D eigenvalue weighted by atomic mass is 10.2. The number of carbonyl (C=O) groups is 1. The first-order chi connectivity index (χ1) is 7.00. The molecule has 0 aliphatic rings. The van der Waals surface area contributed by atoms with Crippen LogP contribution in [0, 0.1) is 5.92 Å². The molecule has 0 radical (unpaired) electrons. The van der Waals surface area contributed by atoms with Crippen LogP contribution in [0.3, 0.4) is 0 Å². The fraction of sp³-hybridized carbons (Fsp3) is 0.364. The lowest BCUT2D eigenvalue weighted by Gasteiger charge is -2.08. The van der Waals surface area contributed by atoms with Gasteiger partial charge in [0.25, 0.3) is 0 Å². The maximum Gasteiger partial charge on any atom is 0.339 e. The van der Waals surface area contributed by atoms with Crippen molar-refractivity contribution in [3.63, 3.8) is 0 Å². The van der Waals surface area contributed by atoms with Crippen LogP contribution in [0.1, 0.15) is 24.2 Å². The van der Waals surface area contributed by atoms with Gasteiger partial charge in [0.15, 0.2) is 0 Å². The van der Waals surface area contributed by atoms with Gasteiger partial charge in [0.2, 0.25) is 0 Å². The van der Waals surface area contributed by atoms with Crippen molar-refractivity contribution < 1.29 is 14.6 Å². The Morgan fingerprint density at radius 2 is 2.20 bits per heavy atom. The van der Waals surface area contributed by atoms with Gasteiger partial charge < -0.3 is 9.84 Å². The minimum atomic E-state index is -0.510. The predicted molar refractivity (Wildman–Crippen MR) is 58.2 cm³/mol. The molecule has 0 saturated carbocycles. The van der Waals surface area contributed by atoms with E-state index in [1.807, 2.05) is 13.8 Å². The second kappa shape index (κ2) is 5.03. The predicted octanol–water partition coefficient (Wildman–Crippen LogP) is 2.86. The Bertz CT molecular complexity index is 361. The molecule has 0 amide bonds. The van der Waals surface area contributed by atoms with E-state index in [0.717, 1.165) is 0 Å². The molecule has 0 unspecified atom stereocenters. The summed E-state index contributed by atoms with van der Waals surface area (Å²) >= 11 is 5.79. The highest BCUT2D eigenvalue weighted by atomic mass is 35.5. The van der Waals surface area contributed by atoms with E-state index in [1.165, 1.54) is 18.2 Å². The van der Waals surface area contributed by atoms with Crippen molar-refractivity contribution >= 4 is 17.6 Å². The van der Waals surface area contributed by atoms with Crippen LogP contribution in [0.25, 0.3) is 0 Å². The number of hydrogen-bond donors (Lipinski definition) is 1. The minimum Gasteiger partial charge on any atom is -0.508 e. The molecule has 0 saturated heterocycles. The average Bonchev–Trinajstić information content (AvgIpc) is 2.18. The quantitative estimate of drug-likeness (QED) is 0.810. The van der Waals surface area contributed by atoms with Crippen LogP contribution < -0.4 is 0 Å². The van der Waals surface area contributed by atoms with E-state index in [2.05, 4.69) is 0 Å². The second-order valence-electron chi connectivity index (χ2n) is 3.66. The largest absolute Gasteiger partial charge is 0.508 e. The van der Waals surface area contributed by atoms with Crippen LogP contribution >= 0.6 is 11.6 Å². The molecule has 0 aromatic heterocycles. The molecule has 82 valence electrons. The highest BCUT2D eigenvalue weighted by Gasteiger charge is 2.13. The molecule has 0 heterocycles. The van der Waals surface area contributed by atoms with Crippen LogP contribution in [0.5, 0.6) is 5.75 Å². The molecule has 0 aliphatic carbocycles. The zero-order valence-corrected chi connectivity index (χ0v) is 9.41. The third kappa shape index (κ3) is 3.44. The van der Waals surface area contributed by atoms with Crippen LogP contribution in [-0.2, 0) is 4.74 Å². The van der Waals surface area contributed by atoms with Gasteiger partial charge in [0.05, 0.1) is 17.2 Å². The summed E-state index contributed by atoms with van der Waals surface area (Å²) < 4.78 is 4.99. The maximum absolute atomic E-state index is 11.5. The summed E-state index contributed by atoms with van der Waals surface area (Å²) in [6.45, 7) is 4.22. The molecule has 0 bridgehead atoms. The van der Waals surface area contributed by atoms with Crippen molar-refractivity contribution in [1.82, 2.24) is 0 Å². The Morgan fingerprint density at radius 1 is 1.53 bits per heavy atom. The van der Waals surface area contributed by atoms with Crippen LogP contribution in [0.2, 0.25) is 5.02 Å². The summed E-state index contributed by atoms with van der Waals surface area (Å²) in [7, 11) is 0. The Balaban J connectivity index is 2.77. The molecule has 4 heteroatoms. The van der Waals surface area contributed by atoms with Crippen molar-refractivity contribution in [1.29, 1.82) is 0 Å². The minimum absolute atomic E-state index is 0.00380. The zero-order valence-electron chi connectivity index (χ0n) is 8.66. The number of hydrogen-bond acceptors (Lipinski definition) is 3. The van der Waals surface area contributed by atoms with Crippen molar-refractivity contribution in [3.8, 4) is 5.75 Å². The number of rotatable bonds is 3. The van der Waals surface area contributed by atoms with E-state index >= 15 is 0 Å². The Hall–Kier alpha value is -1.22. The average molecular weight is 229 g/mol. The van der Waals surface area contributed by atoms with Crippen LogP contribution in [-0.4, -0.2) is 17.7 Å². The molecule has 0 spiro atoms. The van der Waals surface area contributed by atoms with Gasteiger partial charge in [-0.15, -0.1) is 0 Å². The summed E-state index contributed by atoms with van der Waals surface area (Å²) in [4.78, 5) is 11.5. The molecule has 1 aromatic carbocycles. The highest BCUT2D eigenvalue weighted by Crippen LogP contribution is 2.21. The highest BCUT2D eigenvalue weighted by molar-refractivity contribution is 6.33. The Kier molecular flexibility index (Phi) is 3.97. The number of esters is 1. The molecule has 3 nitrogen and oxygen atoms in total. The lowest BCUT2D eigenvalue weighted by Crippen LogP contribution is -2.10. The normalized spacial score (nSPS) is 10.4. The van der Waals surface area contributed by atoms with E-state index in [1.54, 1.807) is 0 Å². The first kappa shape index (κ1) is 11.9.